The van der Waals surface area contributed by atoms with E-state index in [1.54, 1.807) is 7.11 Å². The molecule has 2 saturated heterocycles. The number of rotatable bonds is 2. The first-order valence-electron chi connectivity index (χ1n) is 6.28. The molecule has 0 aliphatic carbocycles. The molecular formula is C14H16N2O2. The second-order valence-corrected chi connectivity index (χ2v) is 4.86. The average molecular weight is 244 g/mol. The molecule has 2 heterocycles. The van der Waals surface area contributed by atoms with Gasteiger partial charge in [0.05, 0.1) is 30.6 Å². The molecule has 4 heteroatoms. The minimum absolute atomic E-state index is 0.321. The predicted molar refractivity (Wildman–Crippen MR) is 67.8 cm³/mol. The zero-order valence-corrected chi connectivity index (χ0v) is 10.4. The van der Waals surface area contributed by atoms with Gasteiger partial charge in [0.25, 0.3) is 0 Å². The summed E-state index contributed by atoms with van der Waals surface area (Å²) in [7, 11) is 1.65. The number of benzene rings is 1. The zero-order chi connectivity index (χ0) is 12.5. The smallest absolute Gasteiger partial charge is 0.121 e. The number of hydrogen-bond donors (Lipinski definition) is 0. The van der Waals surface area contributed by atoms with Crippen molar-refractivity contribution >= 4 is 5.69 Å². The highest BCUT2D eigenvalue weighted by molar-refractivity contribution is 5.62. The second kappa shape index (κ2) is 4.51. The van der Waals surface area contributed by atoms with Crippen LogP contribution >= 0.6 is 0 Å². The van der Waals surface area contributed by atoms with Gasteiger partial charge < -0.3 is 14.4 Å². The van der Waals surface area contributed by atoms with E-state index in [9.17, 15) is 5.26 Å². The van der Waals surface area contributed by atoms with Crippen LogP contribution in [0.5, 0.6) is 5.75 Å². The van der Waals surface area contributed by atoms with Gasteiger partial charge in [-0.05, 0) is 25.0 Å². The number of anilines is 1. The molecule has 4 nitrogen and oxygen atoms in total. The summed E-state index contributed by atoms with van der Waals surface area (Å²) in [5.74, 6) is 0.794. The number of nitrogens with zero attached hydrogens (tertiary/aromatic N) is 2. The van der Waals surface area contributed by atoms with Crippen molar-refractivity contribution in [2.24, 2.45) is 0 Å². The lowest BCUT2D eigenvalue weighted by atomic mass is 10.1. The van der Waals surface area contributed by atoms with Crippen LogP contribution in [0.3, 0.4) is 0 Å². The zero-order valence-electron chi connectivity index (χ0n) is 10.4. The molecule has 1 aromatic carbocycles. The molecule has 0 radical (unpaired) electrons. The van der Waals surface area contributed by atoms with Crippen LogP contribution in [0.1, 0.15) is 18.4 Å². The molecule has 94 valence electrons. The molecule has 0 spiro atoms. The maximum absolute atomic E-state index is 9.21. The maximum atomic E-state index is 9.21. The van der Waals surface area contributed by atoms with Crippen LogP contribution in [0.2, 0.25) is 0 Å². The van der Waals surface area contributed by atoms with Crippen LogP contribution in [-0.2, 0) is 4.74 Å². The van der Waals surface area contributed by atoms with Crippen molar-refractivity contribution in [1.82, 2.24) is 0 Å². The Balaban J connectivity index is 1.93. The monoisotopic (exact) mass is 244 g/mol. The average Bonchev–Trinajstić information content (AvgIpc) is 2.76. The minimum atomic E-state index is 0.321. The molecule has 2 bridgehead atoms. The maximum Gasteiger partial charge on any atom is 0.121 e. The lowest BCUT2D eigenvalue weighted by Gasteiger charge is -2.34. The SMILES string of the molecule is COc1ccc(C#N)c(N2CC3CCC(C2)O3)c1. The third-order valence-electron chi connectivity index (χ3n) is 3.71. The predicted octanol–water partition coefficient (Wildman–Crippen LogP) is 1.93. The lowest BCUT2D eigenvalue weighted by Crippen LogP contribution is -2.42. The van der Waals surface area contributed by atoms with Crippen LogP contribution in [0.4, 0.5) is 5.69 Å². The summed E-state index contributed by atoms with van der Waals surface area (Å²) in [5.41, 5.74) is 1.68. The topological polar surface area (TPSA) is 45.5 Å². The van der Waals surface area contributed by atoms with Gasteiger partial charge in [-0.1, -0.05) is 0 Å². The Morgan fingerprint density at radius 3 is 2.67 bits per heavy atom. The molecule has 18 heavy (non-hydrogen) atoms. The summed E-state index contributed by atoms with van der Waals surface area (Å²) < 4.78 is 11.1. The van der Waals surface area contributed by atoms with Crippen LogP contribution in [0, 0.1) is 11.3 Å². The van der Waals surface area contributed by atoms with Gasteiger partial charge in [0, 0.05) is 19.2 Å². The van der Waals surface area contributed by atoms with E-state index >= 15 is 0 Å². The molecule has 1 aromatic rings. The Kier molecular flexibility index (Phi) is 2.85. The van der Waals surface area contributed by atoms with Gasteiger partial charge in [-0.3, -0.25) is 0 Å². The van der Waals surface area contributed by atoms with Crippen LogP contribution in [0.15, 0.2) is 18.2 Å². The highest BCUT2D eigenvalue weighted by atomic mass is 16.5. The van der Waals surface area contributed by atoms with Gasteiger partial charge in [-0.2, -0.15) is 5.26 Å². The van der Waals surface area contributed by atoms with E-state index in [0.29, 0.717) is 17.8 Å². The summed E-state index contributed by atoms with van der Waals surface area (Å²) in [6, 6.07) is 7.86. The van der Waals surface area contributed by atoms with Crippen molar-refractivity contribution in [2.45, 2.75) is 25.0 Å². The Labute approximate surface area is 107 Å². The van der Waals surface area contributed by atoms with Crippen LogP contribution in [0.25, 0.3) is 0 Å². The summed E-state index contributed by atoms with van der Waals surface area (Å²) in [6.45, 7) is 1.75. The fourth-order valence-corrected chi connectivity index (χ4v) is 2.81. The number of nitriles is 1. The number of ether oxygens (including phenoxy) is 2. The summed E-state index contributed by atoms with van der Waals surface area (Å²) in [4.78, 5) is 2.26. The molecule has 0 saturated carbocycles. The molecule has 2 aliphatic rings. The molecule has 2 fully saturated rings. The van der Waals surface area contributed by atoms with E-state index in [1.807, 2.05) is 18.2 Å². The first-order chi connectivity index (χ1) is 8.80. The number of hydrogen-bond acceptors (Lipinski definition) is 4. The van der Waals surface area contributed by atoms with Gasteiger partial charge in [0.2, 0.25) is 0 Å². The van der Waals surface area contributed by atoms with Gasteiger partial charge in [-0.25, -0.2) is 0 Å². The fraction of sp³-hybridized carbons (Fsp3) is 0.500. The second-order valence-electron chi connectivity index (χ2n) is 4.86. The first kappa shape index (κ1) is 11.4. The highest BCUT2D eigenvalue weighted by Crippen LogP contribution is 2.33. The molecule has 2 unspecified atom stereocenters. The van der Waals surface area contributed by atoms with Crippen molar-refractivity contribution < 1.29 is 9.47 Å². The Bertz CT molecular complexity index is 483. The molecule has 3 rings (SSSR count). The van der Waals surface area contributed by atoms with Gasteiger partial charge in [0.1, 0.15) is 11.8 Å². The van der Waals surface area contributed by atoms with E-state index in [0.717, 1.165) is 37.4 Å². The summed E-state index contributed by atoms with van der Waals surface area (Å²) >= 11 is 0. The Morgan fingerprint density at radius 1 is 1.33 bits per heavy atom. The number of methoxy groups -OCH3 is 1. The molecular weight excluding hydrogens is 228 g/mol. The lowest BCUT2D eigenvalue weighted by molar-refractivity contribution is 0.0304. The van der Waals surface area contributed by atoms with E-state index in [-0.39, 0.29) is 0 Å². The van der Waals surface area contributed by atoms with Crippen LogP contribution in [-0.4, -0.2) is 32.4 Å². The third-order valence-corrected chi connectivity index (χ3v) is 3.71. The number of morpholine rings is 1. The van der Waals surface area contributed by atoms with E-state index in [4.69, 9.17) is 9.47 Å². The Hall–Kier alpha value is -1.73. The van der Waals surface area contributed by atoms with Gasteiger partial charge in [0.15, 0.2) is 0 Å². The highest BCUT2D eigenvalue weighted by Gasteiger charge is 2.34. The van der Waals surface area contributed by atoms with Gasteiger partial charge in [-0.15, -0.1) is 0 Å². The standard InChI is InChI=1S/C14H16N2O2/c1-17-11-3-2-10(7-15)14(6-11)16-8-12-4-5-13(9-16)18-12/h2-3,6,12-13H,4-5,8-9H2,1H3. The largest absolute Gasteiger partial charge is 0.497 e. The van der Waals surface area contributed by atoms with Gasteiger partial charge >= 0.3 is 0 Å². The van der Waals surface area contributed by atoms with E-state index in [1.165, 1.54) is 0 Å². The molecule has 2 aliphatic heterocycles. The van der Waals surface area contributed by atoms with Crippen molar-refractivity contribution in [2.75, 3.05) is 25.1 Å². The molecule has 0 N–H and O–H groups in total. The molecule has 2 atom stereocenters. The quantitative estimate of drug-likeness (QED) is 0.797. The van der Waals surface area contributed by atoms with E-state index in [2.05, 4.69) is 11.0 Å². The summed E-state index contributed by atoms with van der Waals surface area (Å²) in [6.07, 6.45) is 2.91. The normalized spacial score (nSPS) is 25.9. The fourth-order valence-electron chi connectivity index (χ4n) is 2.81. The van der Waals surface area contributed by atoms with Crippen LogP contribution < -0.4 is 9.64 Å². The summed E-state index contributed by atoms with van der Waals surface area (Å²) in [5, 5.41) is 9.21. The van der Waals surface area contributed by atoms with Crippen molar-refractivity contribution in [3.05, 3.63) is 23.8 Å². The van der Waals surface area contributed by atoms with Crippen molar-refractivity contribution in [1.29, 1.82) is 5.26 Å². The van der Waals surface area contributed by atoms with Crippen molar-refractivity contribution in [3.8, 4) is 11.8 Å². The third kappa shape index (κ3) is 1.91. The molecule has 0 aromatic heterocycles. The Morgan fingerprint density at radius 2 is 2.06 bits per heavy atom. The van der Waals surface area contributed by atoms with Crippen molar-refractivity contribution in [3.63, 3.8) is 0 Å². The number of fused-ring (bicyclic) bond motifs is 2. The minimum Gasteiger partial charge on any atom is -0.497 e. The van der Waals surface area contributed by atoms with E-state index < -0.39 is 0 Å². The molecule has 0 amide bonds. The first-order valence-corrected chi connectivity index (χ1v) is 6.28.